The van der Waals surface area contributed by atoms with Crippen LogP contribution in [-0.4, -0.2) is 43.7 Å². The summed E-state index contributed by atoms with van der Waals surface area (Å²) < 4.78 is 32.1. The van der Waals surface area contributed by atoms with Crippen molar-refractivity contribution in [3.8, 4) is 0 Å². The van der Waals surface area contributed by atoms with E-state index in [-0.39, 0.29) is 16.2 Å². The smallest absolute Gasteiger partial charge is 0.339 e. The van der Waals surface area contributed by atoms with Gasteiger partial charge in [-0.1, -0.05) is 49.7 Å². The number of sulfonamides is 1. The summed E-state index contributed by atoms with van der Waals surface area (Å²) in [5.74, 6) is -1.05. The highest BCUT2D eigenvalue weighted by Gasteiger charge is 2.25. The first-order valence-electron chi connectivity index (χ1n) is 9.54. The van der Waals surface area contributed by atoms with E-state index in [1.165, 1.54) is 23.4 Å². The molecule has 0 aromatic heterocycles. The molecule has 0 heterocycles. The third kappa shape index (κ3) is 5.10. The van der Waals surface area contributed by atoms with Crippen molar-refractivity contribution in [2.24, 2.45) is 0 Å². The third-order valence-corrected chi connectivity index (χ3v) is 6.81. The van der Waals surface area contributed by atoms with Gasteiger partial charge in [-0.15, -0.1) is 0 Å². The normalized spacial score (nSPS) is 12.6. The molecule has 0 aliphatic rings. The Morgan fingerprint density at radius 1 is 1.00 bits per heavy atom. The summed E-state index contributed by atoms with van der Waals surface area (Å²) in [5.41, 5.74) is 2.17. The minimum absolute atomic E-state index is 0.0243. The van der Waals surface area contributed by atoms with Gasteiger partial charge < -0.3 is 4.74 Å². The van der Waals surface area contributed by atoms with Crippen molar-refractivity contribution in [2.45, 2.75) is 45.6 Å². The molecule has 0 radical (unpaired) electrons. The van der Waals surface area contributed by atoms with E-state index in [9.17, 15) is 18.0 Å². The van der Waals surface area contributed by atoms with E-state index in [2.05, 4.69) is 0 Å². The van der Waals surface area contributed by atoms with Gasteiger partial charge in [-0.2, -0.15) is 4.31 Å². The van der Waals surface area contributed by atoms with Crippen LogP contribution in [-0.2, 0) is 14.8 Å². The summed E-state index contributed by atoms with van der Waals surface area (Å²) in [5, 5.41) is 0. The molecule has 2 aromatic carbocycles. The van der Waals surface area contributed by atoms with Crippen molar-refractivity contribution < 1.29 is 22.7 Å². The summed E-state index contributed by atoms with van der Waals surface area (Å²) in [6.07, 6.45) is -0.993. The van der Waals surface area contributed by atoms with Gasteiger partial charge in [0.25, 0.3) is 0 Å². The lowest BCUT2D eigenvalue weighted by Gasteiger charge is -2.19. The zero-order valence-electron chi connectivity index (χ0n) is 17.4. The van der Waals surface area contributed by atoms with Gasteiger partial charge in [0.15, 0.2) is 6.10 Å². The number of carbonyl (C=O) groups excluding carboxylic acids is 2. The number of rotatable bonds is 8. The van der Waals surface area contributed by atoms with Gasteiger partial charge in [-0.3, -0.25) is 4.79 Å². The number of aryl methyl sites for hydroxylation is 2. The molecule has 29 heavy (non-hydrogen) atoms. The Balaban J connectivity index is 2.26. The minimum Gasteiger partial charge on any atom is -0.451 e. The highest BCUT2D eigenvalue weighted by Crippen LogP contribution is 2.21. The average Bonchev–Trinajstić information content (AvgIpc) is 2.68. The van der Waals surface area contributed by atoms with Crippen LogP contribution in [0.5, 0.6) is 0 Å². The molecule has 0 spiro atoms. The second-order valence-electron chi connectivity index (χ2n) is 6.84. The molecule has 0 N–H and O–H groups in total. The predicted molar refractivity (Wildman–Crippen MR) is 112 cm³/mol. The molecule has 2 aromatic rings. The van der Waals surface area contributed by atoms with Crippen LogP contribution in [0, 0.1) is 13.8 Å². The van der Waals surface area contributed by atoms with E-state index in [4.69, 9.17) is 4.74 Å². The number of hydrogen-bond acceptors (Lipinski definition) is 5. The number of carbonyl (C=O) groups is 2. The highest BCUT2D eigenvalue weighted by atomic mass is 32.2. The zero-order valence-corrected chi connectivity index (χ0v) is 18.2. The fraction of sp³-hybridized carbons (Fsp3) is 0.364. The second kappa shape index (κ2) is 9.33. The summed E-state index contributed by atoms with van der Waals surface area (Å²) >= 11 is 0. The Kier molecular flexibility index (Phi) is 7.32. The molecular formula is C22H27NO5S. The Labute approximate surface area is 172 Å². The fourth-order valence-electron chi connectivity index (χ4n) is 2.92. The van der Waals surface area contributed by atoms with E-state index in [1.807, 2.05) is 19.1 Å². The number of ether oxygens (including phenoxy) is 1. The van der Waals surface area contributed by atoms with Gasteiger partial charge in [0.05, 0.1) is 10.5 Å². The molecule has 1 atom stereocenters. The third-order valence-electron chi connectivity index (χ3n) is 4.76. The van der Waals surface area contributed by atoms with E-state index < -0.39 is 22.1 Å². The monoisotopic (exact) mass is 417 g/mol. The van der Waals surface area contributed by atoms with Gasteiger partial charge in [-0.05, 0) is 38.5 Å². The maximum Gasteiger partial charge on any atom is 0.339 e. The van der Waals surface area contributed by atoms with Crippen LogP contribution in [0.3, 0.4) is 0 Å². The first kappa shape index (κ1) is 22.8. The number of nitrogens with zero attached hydrogens (tertiary/aromatic N) is 1. The van der Waals surface area contributed by atoms with Crippen LogP contribution in [0.25, 0.3) is 0 Å². The van der Waals surface area contributed by atoms with Crippen LogP contribution < -0.4 is 0 Å². The lowest BCUT2D eigenvalue weighted by atomic mass is 10.1. The number of Topliss-reactive ketones (excluding diaryl/α,β-unsaturated/α-hetero) is 1. The molecule has 0 saturated heterocycles. The van der Waals surface area contributed by atoms with E-state index >= 15 is 0 Å². The molecule has 6 nitrogen and oxygen atoms in total. The number of ketones is 1. The molecule has 0 amide bonds. The Morgan fingerprint density at radius 3 is 2.14 bits per heavy atom. The van der Waals surface area contributed by atoms with E-state index in [0.717, 1.165) is 5.56 Å². The second-order valence-corrected chi connectivity index (χ2v) is 8.78. The van der Waals surface area contributed by atoms with E-state index in [0.29, 0.717) is 24.2 Å². The van der Waals surface area contributed by atoms with Crippen molar-refractivity contribution >= 4 is 21.8 Å². The van der Waals surface area contributed by atoms with Gasteiger partial charge in [-0.25, -0.2) is 13.2 Å². The van der Waals surface area contributed by atoms with Gasteiger partial charge in [0, 0.05) is 18.7 Å². The van der Waals surface area contributed by atoms with Crippen LogP contribution in [0.4, 0.5) is 0 Å². The summed E-state index contributed by atoms with van der Waals surface area (Å²) in [6, 6.07) is 11.4. The summed E-state index contributed by atoms with van der Waals surface area (Å²) in [6.45, 7) is 9.28. The molecule has 7 heteroatoms. The molecule has 156 valence electrons. The lowest BCUT2D eigenvalue weighted by molar-refractivity contribution is 0.0318. The van der Waals surface area contributed by atoms with Crippen LogP contribution in [0.15, 0.2) is 47.4 Å². The number of esters is 1. The highest BCUT2D eigenvalue weighted by molar-refractivity contribution is 7.89. The average molecular weight is 418 g/mol. The molecule has 0 fully saturated rings. The number of hydrogen-bond donors (Lipinski definition) is 0. The molecule has 0 bridgehead atoms. The van der Waals surface area contributed by atoms with Crippen LogP contribution in [0.2, 0.25) is 0 Å². The zero-order chi connectivity index (χ0) is 21.8. The molecule has 0 saturated carbocycles. The van der Waals surface area contributed by atoms with Crippen molar-refractivity contribution in [1.82, 2.24) is 4.31 Å². The van der Waals surface area contributed by atoms with E-state index in [1.54, 1.807) is 39.0 Å². The van der Waals surface area contributed by atoms with Crippen molar-refractivity contribution in [3.05, 3.63) is 64.7 Å². The molecular weight excluding hydrogens is 390 g/mol. The van der Waals surface area contributed by atoms with Crippen LogP contribution in [0.1, 0.15) is 52.6 Å². The quantitative estimate of drug-likeness (QED) is 0.483. The SMILES string of the molecule is CCN(CC)S(=O)(=O)c1ccc(C)c(C(=O)O[C@H](C)C(=O)c2ccc(C)cc2)c1. The Morgan fingerprint density at radius 2 is 1.59 bits per heavy atom. The predicted octanol–water partition coefficient (Wildman–Crippen LogP) is 3.76. The molecule has 2 rings (SSSR count). The topological polar surface area (TPSA) is 80.8 Å². The summed E-state index contributed by atoms with van der Waals surface area (Å²) in [4.78, 5) is 25.2. The Bertz CT molecular complexity index is 992. The summed E-state index contributed by atoms with van der Waals surface area (Å²) in [7, 11) is -3.71. The first-order chi connectivity index (χ1) is 13.6. The minimum atomic E-state index is -3.71. The molecule has 0 aliphatic carbocycles. The maximum atomic E-state index is 12.7. The Hall–Kier alpha value is -2.51. The molecule has 0 aliphatic heterocycles. The largest absolute Gasteiger partial charge is 0.451 e. The van der Waals surface area contributed by atoms with Crippen LogP contribution >= 0.6 is 0 Å². The van der Waals surface area contributed by atoms with Gasteiger partial charge >= 0.3 is 5.97 Å². The first-order valence-corrected chi connectivity index (χ1v) is 11.0. The number of benzene rings is 2. The fourth-order valence-corrected chi connectivity index (χ4v) is 4.41. The lowest BCUT2D eigenvalue weighted by Crippen LogP contribution is -2.31. The molecule has 0 unspecified atom stereocenters. The van der Waals surface area contributed by atoms with Crippen molar-refractivity contribution in [1.29, 1.82) is 0 Å². The van der Waals surface area contributed by atoms with Gasteiger partial charge in [0.2, 0.25) is 15.8 Å². The van der Waals surface area contributed by atoms with Crippen molar-refractivity contribution in [2.75, 3.05) is 13.1 Å². The van der Waals surface area contributed by atoms with Gasteiger partial charge in [0.1, 0.15) is 0 Å². The standard InChI is InChI=1S/C22H27NO5S/c1-6-23(7-2)29(26,27)19-13-10-16(4)20(14-19)22(25)28-17(5)21(24)18-11-8-15(3)9-12-18/h8-14,17H,6-7H2,1-5H3/t17-/m1/s1. The van der Waals surface area contributed by atoms with Crippen molar-refractivity contribution in [3.63, 3.8) is 0 Å². The maximum absolute atomic E-state index is 12.7.